The van der Waals surface area contributed by atoms with Crippen molar-refractivity contribution in [1.29, 1.82) is 5.26 Å². The molecule has 1 aromatic carbocycles. The van der Waals surface area contributed by atoms with Gasteiger partial charge in [-0.15, -0.1) is 0 Å². The van der Waals surface area contributed by atoms with E-state index in [1.54, 1.807) is 0 Å². The monoisotopic (exact) mass is 397 g/mol. The number of pyridine rings is 1. The van der Waals surface area contributed by atoms with Crippen LogP contribution in [0.2, 0.25) is 0 Å². The summed E-state index contributed by atoms with van der Waals surface area (Å²) >= 11 is 1.29. The summed E-state index contributed by atoms with van der Waals surface area (Å²) in [4.78, 5) is 16.9. The second-order valence-electron chi connectivity index (χ2n) is 6.72. The number of aryl methyl sites for hydroxylation is 1. The van der Waals surface area contributed by atoms with Gasteiger partial charge >= 0.3 is 0 Å². The topological polar surface area (TPSA) is 84.2 Å². The van der Waals surface area contributed by atoms with Crippen molar-refractivity contribution in [2.24, 2.45) is 0 Å². The van der Waals surface area contributed by atoms with E-state index >= 15 is 0 Å². The van der Waals surface area contributed by atoms with Gasteiger partial charge < -0.3 is 14.8 Å². The summed E-state index contributed by atoms with van der Waals surface area (Å²) in [5, 5.41) is 13.0. The highest BCUT2D eigenvalue weighted by Gasteiger charge is 2.17. The summed E-state index contributed by atoms with van der Waals surface area (Å²) in [5.41, 5.74) is 4.30. The highest BCUT2D eigenvalue weighted by Crippen LogP contribution is 2.32. The molecule has 2 aromatic rings. The van der Waals surface area contributed by atoms with E-state index in [-0.39, 0.29) is 17.7 Å². The number of ether oxygens (including phenoxy) is 2. The minimum atomic E-state index is -0.172. The Morgan fingerprint density at radius 2 is 1.96 bits per heavy atom. The number of fused-ring (bicyclic) bond motifs is 1. The molecular weight excluding hydrogens is 374 g/mol. The van der Waals surface area contributed by atoms with Crippen LogP contribution in [0.4, 0.5) is 0 Å². The van der Waals surface area contributed by atoms with Crippen LogP contribution in [0.15, 0.2) is 23.2 Å². The fourth-order valence-electron chi connectivity index (χ4n) is 2.98. The van der Waals surface area contributed by atoms with Crippen LogP contribution in [-0.4, -0.2) is 29.9 Å². The molecule has 1 unspecified atom stereocenters. The van der Waals surface area contributed by atoms with Gasteiger partial charge in [0.05, 0.1) is 17.4 Å². The summed E-state index contributed by atoms with van der Waals surface area (Å²) in [7, 11) is 0. The van der Waals surface area contributed by atoms with E-state index in [1.165, 1.54) is 11.8 Å². The molecule has 2 heterocycles. The van der Waals surface area contributed by atoms with Gasteiger partial charge in [-0.05, 0) is 56.5 Å². The second-order valence-corrected chi connectivity index (χ2v) is 7.68. The number of thioether (sulfide) groups is 1. The van der Waals surface area contributed by atoms with E-state index < -0.39 is 0 Å². The summed E-state index contributed by atoms with van der Waals surface area (Å²) in [5.74, 6) is 1.50. The number of hydrogen-bond acceptors (Lipinski definition) is 6. The Balaban J connectivity index is 1.64. The molecule has 1 aromatic heterocycles. The maximum Gasteiger partial charge on any atom is 0.230 e. The van der Waals surface area contributed by atoms with E-state index in [0.29, 0.717) is 29.6 Å². The van der Waals surface area contributed by atoms with Crippen molar-refractivity contribution in [2.75, 3.05) is 19.0 Å². The third-order valence-corrected chi connectivity index (χ3v) is 5.83. The molecule has 0 aliphatic carbocycles. The Morgan fingerprint density at radius 1 is 1.25 bits per heavy atom. The van der Waals surface area contributed by atoms with Crippen LogP contribution in [0.3, 0.4) is 0 Å². The van der Waals surface area contributed by atoms with Crippen LogP contribution in [0.25, 0.3) is 0 Å². The third kappa shape index (κ3) is 4.23. The highest BCUT2D eigenvalue weighted by atomic mass is 32.2. The average Bonchev–Trinajstić information content (AvgIpc) is 2.70. The Bertz CT molecular complexity index is 953. The molecule has 0 saturated carbocycles. The zero-order valence-electron chi connectivity index (χ0n) is 16.5. The van der Waals surface area contributed by atoms with Crippen LogP contribution in [0, 0.1) is 32.1 Å². The third-order valence-electron chi connectivity index (χ3n) is 4.86. The summed E-state index contributed by atoms with van der Waals surface area (Å²) in [6.45, 7) is 8.78. The van der Waals surface area contributed by atoms with Gasteiger partial charge in [-0.1, -0.05) is 17.8 Å². The molecule has 0 bridgehead atoms. The van der Waals surface area contributed by atoms with Gasteiger partial charge in [0.25, 0.3) is 0 Å². The van der Waals surface area contributed by atoms with Gasteiger partial charge in [0, 0.05) is 5.69 Å². The van der Waals surface area contributed by atoms with Crippen molar-refractivity contribution in [3.63, 3.8) is 0 Å². The number of hydrogen-bond donors (Lipinski definition) is 1. The van der Waals surface area contributed by atoms with Gasteiger partial charge in [0.1, 0.15) is 24.3 Å². The van der Waals surface area contributed by atoms with E-state index in [4.69, 9.17) is 9.47 Å². The Labute approximate surface area is 169 Å². The SMILES string of the molecule is Cc1nc(SCC(=O)NC(C)c2ccc3c(c2)OCCO3)c(C#N)c(C)c1C. The Hall–Kier alpha value is -2.72. The maximum absolute atomic E-state index is 12.4. The summed E-state index contributed by atoms with van der Waals surface area (Å²) in [6.07, 6.45) is 0. The first kappa shape index (κ1) is 20.0. The number of aromatic nitrogens is 1. The normalized spacial score (nSPS) is 13.5. The molecule has 1 atom stereocenters. The molecule has 6 nitrogen and oxygen atoms in total. The number of rotatable bonds is 5. The Kier molecular flexibility index (Phi) is 6.10. The average molecular weight is 398 g/mol. The van der Waals surface area contributed by atoms with Crippen molar-refractivity contribution in [3.05, 3.63) is 46.1 Å². The predicted octanol–water partition coefficient (Wildman–Crippen LogP) is 3.62. The molecule has 1 N–H and O–H groups in total. The van der Waals surface area contributed by atoms with Crippen molar-refractivity contribution in [1.82, 2.24) is 10.3 Å². The zero-order chi connectivity index (χ0) is 20.3. The smallest absolute Gasteiger partial charge is 0.230 e. The van der Waals surface area contributed by atoms with Gasteiger partial charge in [-0.25, -0.2) is 4.98 Å². The molecule has 0 fully saturated rings. The van der Waals surface area contributed by atoms with Crippen molar-refractivity contribution >= 4 is 17.7 Å². The van der Waals surface area contributed by atoms with Gasteiger partial charge in [-0.2, -0.15) is 5.26 Å². The van der Waals surface area contributed by atoms with Gasteiger partial charge in [0.2, 0.25) is 5.91 Å². The summed E-state index contributed by atoms with van der Waals surface area (Å²) < 4.78 is 11.1. The predicted molar refractivity (Wildman–Crippen MR) is 108 cm³/mol. The van der Waals surface area contributed by atoms with Crippen molar-refractivity contribution in [3.8, 4) is 17.6 Å². The lowest BCUT2D eigenvalue weighted by atomic mass is 10.1. The van der Waals surface area contributed by atoms with Gasteiger partial charge in [0.15, 0.2) is 11.5 Å². The first-order valence-electron chi connectivity index (χ1n) is 9.10. The van der Waals surface area contributed by atoms with Crippen LogP contribution in [0.5, 0.6) is 11.5 Å². The fourth-order valence-corrected chi connectivity index (χ4v) is 3.87. The molecule has 1 aliphatic rings. The molecule has 1 aliphatic heterocycles. The molecule has 0 radical (unpaired) electrons. The first-order valence-corrected chi connectivity index (χ1v) is 10.1. The standard InChI is InChI=1S/C21H23N3O3S/c1-12-13(2)17(10-22)21(24-14(12)3)28-11-20(25)23-15(4)16-5-6-18-19(9-16)27-8-7-26-18/h5-6,9,15H,7-8,11H2,1-4H3,(H,23,25). The number of nitrogens with one attached hydrogen (secondary N) is 1. The minimum absolute atomic E-state index is 0.117. The summed E-state index contributed by atoms with van der Waals surface area (Å²) in [6, 6.07) is 7.72. The molecule has 3 rings (SSSR count). The van der Waals surface area contributed by atoms with E-state index in [0.717, 1.165) is 28.1 Å². The maximum atomic E-state index is 12.4. The van der Waals surface area contributed by atoms with Crippen LogP contribution < -0.4 is 14.8 Å². The Morgan fingerprint density at radius 3 is 2.68 bits per heavy atom. The minimum Gasteiger partial charge on any atom is -0.486 e. The number of benzene rings is 1. The lowest BCUT2D eigenvalue weighted by Crippen LogP contribution is -2.28. The molecule has 0 saturated heterocycles. The van der Waals surface area contributed by atoms with E-state index in [9.17, 15) is 10.1 Å². The first-order chi connectivity index (χ1) is 13.4. The second kappa shape index (κ2) is 8.53. The number of nitrogens with zero attached hydrogens (tertiary/aromatic N) is 2. The quantitative estimate of drug-likeness (QED) is 0.776. The van der Waals surface area contributed by atoms with E-state index in [2.05, 4.69) is 16.4 Å². The van der Waals surface area contributed by atoms with Crippen molar-refractivity contribution in [2.45, 2.75) is 38.8 Å². The molecule has 146 valence electrons. The number of nitriles is 1. The van der Waals surface area contributed by atoms with Crippen molar-refractivity contribution < 1.29 is 14.3 Å². The number of amides is 1. The van der Waals surface area contributed by atoms with Crippen LogP contribution >= 0.6 is 11.8 Å². The lowest BCUT2D eigenvalue weighted by molar-refractivity contribution is -0.119. The highest BCUT2D eigenvalue weighted by molar-refractivity contribution is 8.00. The molecule has 1 amide bonds. The molecule has 28 heavy (non-hydrogen) atoms. The zero-order valence-corrected chi connectivity index (χ0v) is 17.3. The van der Waals surface area contributed by atoms with Crippen LogP contribution in [0.1, 0.15) is 40.9 Å². The van der Waals surface area contributed by atoms with Crippen LogP contribution in [-0.2, 0) is 4.79 Å². The number of carbonyl (C=O) groups excluding carboxylic acids is 1. The molecular formula is C21H23N3O3S. The number of carbonyl (C=O) groups is 1. The molecule has 0 spiro atoms. The van der Waals surface area contributed by atoms with E-state index in [1.807, 2.05) is 45.9 Å². The largest absolute Gasteiger partial charge is 0.486 e. The molecule has 7 heteroatoms. The fraction of sp³-hybridized carbons (Fsp3) is 0.381. The lowest BCUT2D eigenvalue weighted by Gasteiger charge is -2.21. The van der Waals surface area contributed by atoms with Gasteiger partial charge in [-0.3, -0.25) is 4.79 Å².